The average Bonchev–Trinajstić information content (AvgIpc) is 2.71. The van der Waals surface area contributed by atoms with E-state index in [9.17, 15) is 8.76 Å². The second-order valence-electron chi connectivity index (χ2n) is 6.55. The van der Waals surface area contributed by atoms with Gasteiger partial charge in [-0.25, -0.2) is 0 Å². The summed E-state index contributed by atoms with van der Waals surface area (Å²) in [7, 11) is 0. The summed E-state index contributed by atoms with van der Waals surface area (Å²) in [5, 5.41) is 2.00. The van der Waals surface area contributed by atoms with Crippen molar-refractivity contribution >= 4 is 50.7 Å². The molecule has 1 unspecified atom stereocenters. The van der Waals surface area contributed by atoms with E-state index in [4.69, 9.17) is 26.8 Å². The van der Waals surface area contributed by atoms with Crippen LogP contribution in [0.25, 0.3) is 10.8 Å². The van der Waals surface area contributed by atoms with Crippen molar-refractivity contribution in [3.8, 4) is 11.5 Å². The summed E-state index contributed by atoms with van der Waals surface area (Å²) in [4.78, 5) is 2.07. The lowest BCUT2D eigenvalue weighted by Gasteiger charge is -2.32. The van der Waals surface area contributed by atoms with Crippen molar-refractivity contribution in [2.75, 3.05) is 41.7 Å². The van der Waals surface area contributed by atoms with Gasteiger partial charge in [0, 0.05) is 35.4 Å². The highest BCUT2D eigenvalue weighted by Gasteiger charge is 2.22. The van der Waals surface area contributed by atoms with Crippen molar-refractivity contribution in [3.63, 3.8) is 0 Å². The predicted octanol–water partition coefficient (Wildman–Crippen LogP) is 3.91. The third-order valence-corrected chi connectivity index (χ3v) is 5.35. The number of hydrogen-bond donors (Lipinski definition) is 2. The van der Waals surface area contributed by atoms with E-state index in [0.29, 0.717) is 54.2 Å². The predicted molar refractivity (Wildman–Crippen MR) is 115 cm³/mol. The minimum Gasteiger partial charge on any atom is -0.755 e. The molecule has 3 N–H and O–H groups in total. The standard InChI is InChI=1S/C20H20ClN3O4S/c21-16-12-14(22)5-6-18(16)28-20-15-4-2-1-3-13(15)11-17(19(20)23-29(25)26)24-7-9-27-10-8-24/h1-6,11-12,23H,7-10,22H2,(H,25,26)/p-1. The number of anilines is 3. The molecular weight excluding hydrogens is 414 g/mol. The lowest BCUT2D eigenvalue weighted by molar-refractivity contribution is 0.123. The lowest BCUT2D eigenvalue weighted by Crippen LogP contribution is -2.36. The Morgan fingerprint density at radius 2 is 1.93 bits per heavy atom. The monoisotopic (exact) mass is 432 g/mol. The molecule has 0 saturated carbocycles. The third kappa shape index (κ3) is 4.25. The van der Waals surface area contributed by atoms with Gasteiger partial charge < -0.3 is 29.4 Å². The summed E-state index contributed by atoms with van der Waals surface area (Å²) >= 11 is 3.76. The van der Waals surface area contributed by atoms with Gasteiger partial charge >= 0.3 is 0 Å². The molecule has 1 saturated heterocycles. The van der Waals surface area contributed by atoms with E-state index in [1.165, 1.54) is 0 Å². The number of rotatable bonds is 5. The van der Waals surface area contributed by atoms with Crippen LogP contribution in [-0.2, 0) is 16.0 Å². The second kappa shape index (κ2) is 8.46. The van der Waals surface area contributed by atoms with Crippen molar-refractivity contribution in [1.29, 1.82) is 0 Å². The fourth-order valence-electron chi connectivity index (χ4n) is 3.35. The van der Waals surface area contributed by atoms with Crippen molar-refractivity contribution in [3.05, 3.63) is 53.6 Å². The Morgan fingerprint density at radius 1 is 1.17 bits per heavy atom. The highest BCUT2D eigenvalue weighted by atomic mass is 35.5. The molecule has 152 valence electrons. The van der Waals surface area contributed by atoms with Gasteiger partial charge in [-0.2, -0.15) is 0 Å². The van der Waals surface area contributed by atoms with Gasteiger partial charge in [-0.3, -0.25) is 4.21 Å². The number of nitrogens with two attached hydrogens (primary N) is 1. The van der Waals surface area contributed by atoms with Crippen molar-refractivity contribution in [1.82, 2.24) is 0 Å². The minimum atomic E-state index is -2.54. The van der Waals surface area contributed by atoms with Crippen LogP contribution in [-0.4, -0.2) is 35.1 Å². The SMILES string of the molecule is Nc1ccc(Oc2c(NS(=O)[O-])c(N3CCOCC3)cc3ccccc23)c(Cl)c1. The van der Waals surface area contributed by atoms with E-state index >= 15 is 0 Å². The summed E-state index contributed by atoms with van der Waals surface area (Å²) in [5.41, 5.74) is 7.36. The maximum absolute atomic E-state index is 11.6. The fourth-order valence-corrected chi connectivity index (χ4v) is 3.94. The normalized spacial score (nSPS) is 15.3. The van der Waals surface area contributed by atoms with Gasteiger partial charge in [0.1, 0.15) is 11.4 Å². The van der Waals surface area contributed by atoms with Gasteiger partial charge in [-0.05, 0) is 29.7 Å². The smallest absolute Gasteiger partial charge is 0.161 e. The molecule has 0 bridgehead atoms. The molecule has 29 heavy (non-hydrogen) atoms. The second-order valence-corrected chi connectivity index (χ2v) is 7.63. The van der Waals surface area contributed by atoms with Crippen LogP contribution in [0.5, 0.6) is 11.5 Å². The molecule has 1 heterocycles. The molecular formula is C20H19ClN3O4S-. The number of fused-ring (bicyclic) bond motifs is 1. The van der Waals surface area contributed by atoms with Gasteiger partial charge in [0.2, 0.25) is 0 Å². The summed E-state index contributed by atoms with van der Waals surface area (Å²) in [6.45, 7) is 2.40. The van der Waals surface area contributed by atoms with Crippen LogP contribution in [0.4, 0.5) is 17.1 Å². The first-order chi connectivity index (χ1) is 14.0. The largest absolute Gasteiger partial charge is 0.755 e. The molecule has 1 aliphatic heterocycles. The van der Waals surface area contributed by atoms with Crippen LogP contribution >= 0.6 is 11.6 Å². The topological polar surface area (TPSA) is 99.9 Å². The molecule has 0 spiro atoms. The number of hydrogen-bond acceptors (Lipinski definition) is 6. The summed E-state index contributed by atoms with van der Waals surface area (Å²) in [5.74, 6) is 0.755. The molecule has 3 aromatic carbocycles. The first-order valence-corrected chi connectivity index (χ1v) is 10.5. The van der Waals surface area contributed by atoms with E-state index in [0.717, 1.165) is 16.5 Å². The molecule has 0 amide bonds. The van der Waals surface area contributed by atoms with Crippen LogP contribution in [0.3, 0.4) is 0 Å². The number of nitrogens with zero attached hydrogens (tertiary/aromatic N) is 1. The number of nitrogen functional groups attached to an aromatic ring is 1. The van der Waals surface area contributed by atoms with Crippen LogP contribution in [0.2, 0.25) is 5.02 Å². The molecule has 1 fully saturated rings. The summed E-state index contributed by atoms with van der Waals surface area (Å²) < 4.78 is 37.3. The fraction of sp³-hybridized carbons (Fsp3) is 0.200. The van der Waals surface area contributed by atoms with Crippen LogP contribution < -0.4 is 20.1 Å². The number of benzene rings is 3. The van der Waals surface area contributed by atoms with Gasteiger partial charge in [0.15, 0.2) is 5.75 Å². The first kappa shape index (κ1) is 19.8. The third-order valence-electron chi connectivity index (χ3n) is 4.69. The number of halogens is 1. The summed E-state index contributed by atoms with van der Waals surface area (Å²) in [6.07, 6.45) is 0. The Kier molecular flexibility index (Phi) is 5.77. The Bertz CT molecular complexity index is 1070. The number of ether oxygens (including phenoxy) is 2. The summed E-state index contributed by atoms with van der Waals surface area (Å²) in [6, 6.07) is 14.5. The average molecular weight is 433 g/mol. The number of morpholine rings is 1. The maximum atomic E-state index is 11.6. The highest BCUT2D eigenvalue weighted by molar-refractivity contribution is 7.80. The maximum Gasteiger partial charge on any atom is 0.161 e. The highest BCUT2D eigenvalue weighted by Crippen LogP contribution is 2.45. The Hall–Kier alpha value is -2.52. The Labute approximate surface area is 175 Å². The minimum absolute atomic E-state index is 0.333. The van der Waals surface area contributed by atoms with E-state index in [1.807, 2.05) is 30.3 Å². The molecule has 1 atom stereocenters. The molecule has 3 aromatic rings. The lowest BCUT2D eigenvalue weighted by atomic mass is 10.1. The molecule has 0 aromatic heterocycles. The van der Waals surface area contributed by atoms with E-state index in [1.54, 1.807) is 18.2 Å². The van der Waals surface area contributed by atoms with E-state index in [2.05, 4.69) is 9.62 Å². The Balaban J connectivity index is 1.92. The number of nitrogens with one attached hydrogen (secondary N) is 1. The molecule has 4 rings (SSSR count). The molecule has 1 aliphatic rings. The van der Waals surface area contributed by atoms with Crippen molar-refractivity contribution in [2.45, 2.75) is 0 Å². The van der Waals surface area contributed by atoms with E-state index < -0.39 is 11.3 Å². The molecule has 0 aliphatic carbocycles. The zero-order chi connectivity index (χ0) is 20.4. The van der Waals surface area contributed by atoms with Gasteiger partial charge in [0.25, 0.3) is 0 Å². The van der Waals surface area contributed by atoms with Crippen LogP contribution in [0, 0.1) is 0 Å². The molecule has 0 radical (unpaired) electrons. The van der Waals surface area contributed by atoms with Gasteiger partial charge in [-0.15, -0.1) is 0 Å². The van der Waals surface area contributed by atoms with Crippen LogP contribution in [0.1, 0.15) is 0 Å². The Morgan fingerprint density at radius 3 is 2.66 bits per heavy atom. The van der Waals surface area contributed by atoms with E-state index in [-0.39, 0.29) is 0 Å². The molecule has 9 heteroatoms. The quantitative estimate of drug-likeness (QED) is 0.468. The van der Waals surface area contributed by atoms with Gasteiger partial charge in [-0.1, -0.05) is 35.9 Å². The zero-order valence-electron chi connectivity index (χ0n) is 15.4. The first-order valence-electron chi connectivity index (χ1n) is 9.00. The van der Waals surface area contributed by atoms with Crippen molar-refractivity contribution < 1.29 is 18.2 Å². The van der Waals surface area contributed by atoms with Gasteiger partial charge in [0.05, 0.1) is 23.9 Å². The van der Waals surface area contributed by atoms with Crippen molar-refractivity contribution in [2.24, 2.45) is 0 Å². The van der Waals surface area contributed by atoms with Crippen LogP contribution in [0.15, 0.2) is 48.5 Å². The zero-order valence-corrected chi connectivity index (χ0v) is 17.0. The molecule has 7 nitrogen and oxygen atoms in total.